The second kappa shape index (κ2) is 4.13. The Kier molecular flexibility index (Phi) is 3.11. The van der Waals surface area contributed by atoms with Crippen LogP contribution in [0.25, 0.3) is 0 Å². The Labute approximate surface area is 67.8 Å². The summed E-state index contributed by atoms with van der Waals surface area (Å²) in [6.07, 6.45) is 2.00. The van der Waals surface area contributed by atoms with Crippen molar-refractivity contribution in [3.8, 4) is 0 Å². The molecular weight excluding hydrogens is 138 g/mol. The lowest BCUT2D eigenvalue weighted by molar-refractivity contribution is 0.297. The Morgan fingerprint density at radius 3 is 2.64 bits per heavy atom. The standard InChI is InChI=1S/C8H15N3/c1-3-8(9-2)11-6-4-10-5-7-11/h3,10H,2,4-7H2,1H3. The fraction of sp³-hybridized carbons (Fsp3) is 0.625. The van der Waals surface area contributed by atoms with E-state index in [1.807, 2.05) is 13.0 Å². The number of nitrogens with one attached hydrogen (secondary N) is 1. The molecule has 0 aromatic heterocycles. The van der Waals surface area contributed by atoms with Gasteiger partial charge in [-0.05, 0) is 19.7 Å². The van der Waals surface area contributed by atoms with Crippen LogP contribution in [0.3, 0.4) is 0 Å². The molecule has 1 saturated heterocycles. The maximum Gasteiger partial charge on any atom is 0.123 e. The molecule has 1 fully saturated rings. The van der Waals surface area contributed by atoms with Crippen molar-refractivity contribution in [1.82, 2.24) is 10.2 Å². The summed E-state index contributed by atoms with van der Waals surface area (Å²) in [6.45, 7) is 9.70. The highest BCUT2D eigenvalue weighted by molar-refractivity contribution is 5.28. The number of piperazine rings is 1. The van der Waals surface area contributed by atoms with Crippen molar-refractivity contribution in [2.45, 2.75) is 6.92 Å². The van der Waals surface area contributed by atoms with Gasteiger partial charge in [0.15, 0.2) is 0 Å². The summed E-state index contributed by atoms with van der Waals surface area (Å²) in [6, 6.07) is 0. The van der Waals surface area contributed by atoms with Crippen LogP contribution in [0.4, 0.5) is 0 Å². The lowest BCUT2D eigenvalue weighted by Gasteiger charge is -2.28. The van der Waals surface area contributed by atoms with Crippen molar-refractivity contribution in [1.29, 1.82) is 0 Å². The Morgan fingerprint density at radius 2 is 2.18 bits per heavy atom. The molecule has 0 amide bonds. The van der Waals surface area contributed by atoms with Gasteiger partial charge in [-0.25, -0.2) is 4.99 Å². The molecule has 1 aliphatic heterocycles. The molecule has 1 rings (SSSR count). The zero-order valence-electron chi connectivity index (χ0n) is 7.01. The van der Waals surface area contributed by atoms with E-state index in [2.05, 4.69) is 21.9 Å². The minimum absolute atomic E-state index is 1.01. The monoisotopic (exact) mass is 153 g/mol. The van der Waals surface area contributed by atoms with Gasteiger partial charge in [0, 0.05) is 26.2 Å². The third kappa shape index (κ3) is 2.05. The van der Waals surface area contributed by atoms with Crippen molar-refractivity contribution in [3.63, 3.8) is 0 Å². The fourth-order valence-electron chi connectivity index (χ4n) is 1.27. The Bertz CT molecular complexity index is 157. The molecule has 1 N–H and O–H groups in total. The van der Waals surface area contributed by atoms with Crippen molar-refractivity contribution in [3.05, 3.63) is 11.9 Å². The number of hydrogen-bond donors (Lipinski definition) is 1. The van der Waals surface area contributed by atoms with E-state index in [1.54, 1.807) is 0 Å². The van der Waals surface area contributed by atoms with E-state index in [-0.39, 0.29) is 0 Å². The van der Waals surface area contributed by atoms with E-state index in [0.717, 1.165) is 32.0 Å². The summed E-state index contributed by atoms with van der Waals surface area (Å²) in [7, 11) is 0. The summed E-state index contributed by atoms with van der Waals surface area (Å²) in [4.78, 5) is 6.18. The SMILES string of the molecule is C=NC(=CC)N1CCNCC1. The van der Waals surface area contributed by atoms with Gasteiger partial charge in [0.1, 0.15) is 5.82 Å². The molecule has 0 aromatic carbocycles. The Hall–Kier alpha value is -0.830. The first-order valence-electron chi connectivity index (χ1n) is 3.97. The Morgan fingerprint density at radius 1 is 1.55 bits per heavy atom. The maximum absolute atomic E-state index is 3.94. The predicted molar refractivity (Wildman–Crippen MR) is 47.7 cm³/mol. The highest BCUT2D eigenvalue weighted by Gasteiger charge is 2.09. The van der Waals surface area contributed by atoms with E-state index >= 15 is 0 Å². The van der Waals surface area contributed by atoms with Crippen LogP contribution in [0.5, 0.6) is 0 Å². The van der Waals surface area contributed by atoms with Crippen LogP contribution in [-0.4, -0.2) is 37.8 Å². The van der Waals surface area contributed by atoms with Crippen molar-refractivity contribution < 1.29 is 0 Å². The van der Waals surface area contributed by atoms with Gasteiger partial charge >= 0.3 is 0 Å². The summed E-state index contributed by atoms with van der Waals surface area (Å²) < 4.78 is 0. The van der Waals surface area contributed by atoms with Gasteiger partial charge in [-0.1, -0.05) is 0 Å². The number of nitrogens with zero attached hydrogens (tertiary/aromatic N) is 2. The first kappa shape index (κ1) is 8.27. The summed E-state index contributed by atoms with van der Waals surface area (Å²) in [5.74, 6) is 1.01. The topological polar surface area (TPSA) is 27.6 Å². The normalized spacial score (nSPS) is 20.1. The molecule has 0 aliphatic carbocycles. The smallest absolute Gasteiger partial charge is 0.123 e. The first-order chi connectivity index (χ1) is 5.38. The molecule has 1 heterocycles. The molecule has 0 spiro atoms. The predicted octanol–water partition coefficient (Wildman–Crippen LogP) is 0.454. The van der Waals surface area contributed by atoms with Gasteiger partial charge in [0.25, 0.3) is 0 Å². The summed E-state index contributed by atoms with van der Waals surface area (Å²) in [5.41, 5.74) is 0. The molecule has 11 heavy (non-hydrogen) atoms. The van der Waals surface area contributed by atoms with Gasteiger partial charge < -0.3 is 10.2 Å². The van der Waals surface area contributed by atoms with Gasteiger partial charge in [-0.2, -0.15) is 0 Å². The quantitative estimate of drug-likeness (QED) is 0.583. The van der Waals surface area contributed by atoms with Crippen LogP contribution in [0, 0.1) is 0 Å². The average Bonchev–Trinajstić information content (AvgIpc) is 2.09. The second-order valence-corrected chi connectivity index (χ2v) is 2.54. The third-order valence-corrected chi connectivity index (χ3v) is 1.86. The van der Waals surface area contributed by atoms with E-state index in [0.29, 0.717) is 0 Å². The number of allylic oxidation sites excluding steroid dienone is 1. The van der Waals surface area contributed by atoms with E-state index < -0.39 is 0 Å². The van der Waals surface area contributed by atoms with E-state index in [9.17, 15) is 0 Å². The van der Waals surface area contributed by atoms with E-state index in [1.165, 1.54) is 0 Å². The number of aliphatic imine (C=N–C) groups is 1. The van der Waals surface area contributed by atoms with Crippen molar-refractivity contribution in [2.75, 3.05) is 26.2 Å². The van der Waals surface area contributed by atoms with Gasteiger partial charge in [0.2, 0.25) is 0 Å². The third-order valence-electron chi connectivity index (χ3n) is 1.86. The zero-order valence-corrected chi connectivity index (χ0v) is 7.01. The Balaban J connectivity index is 2.49. The molecule has 0 radical (unpaired) electrons. The van der Waals surface area contributed by atoms with E-state index in [4.69, 9.17) is 0 Å². The highest BCUT2D eigenvalue weighted by Crippen LogP contribution is 2.05. The van der Waals surface area contributed by atoms with Gasteiger partial charge in [0.05, 0.1) is 0 Å². The average molecular weight is 153 g/mol. The van der Waals surface area contributed by atoms with Crippen molar-refractivity contribution in [2.24, 2.45) is 4.99 Å². The summed E-state index contributed by atoms with van der Waals surface area (Å²) >= 11 is 0. The highest BCUT2D eigenvalue weighted by atomic mass is 15.2. The maximum atomic E-state index is 3.94. The molecule has 0 unspecified atom stereocenters. The molecule has 1 aliphatic rings. The minimum Gasteiger partial charge on any atom is -0.354 e. The number of hydrogen-bond acceptors (Lipinski definition) is 3. The van der Waals surface area contributed by atoms with Crippen LogP contribution in [0.1, 0.15) is 6.92 Å². The lowest BCUT2D eigenvalue weighted by atomic mass is 10.3. The van der Waals surface area contributed by atoms with Crippen LogP contribution in [-0.2, 0) is 0 Å². The van der Waals surface area contributed by atoms with Crippen molar-refractivity contribution >= 4 is 6.72 Å². The first-order valence-corrected chi connectivity index (χ1v) is 3.97. The molecule has 62 valence electrons. The van der Waals surface area contributed by atoms with Crippen LogP contribution < -0.4 is 5.32 Å². The molecule has 0 saturated carbocycles. The number of rotatable bonds is 2. The minimum atomic E-state index is 1.01. The molecule has 0 atom stereocenters. The van der Waals surface area contributed by atoms with Crippen LogP contribution in [0.15, 0.2) is 16.9 Å². The molecule has 0 bridgehead atoms. The largest absolute Gasteiger partial charge is 0.354 e. The molecular formula is C8H15N3. The van der Waals surface area contributed by atoms with Crippen LogP contribution >= 0.6 is 0 Å². The van der Waals surface area contributed by atoms with Gasteiger partial charge in [-0.15, -0.1) is 0 Å². The zero-order chi connectivity index (χ0) is 8.10. The van der Waals surface area contributed by atoms with Gasteiger partial charge in [-0.3, -0.25) is 0 Å². The summed E-state index contributed by atoms with van der Waals surface area (Å²) in [5, 5.41) is 3.29. The second-order valence-electron chi connectivity index (χ2n) is 2.54. The van der Waals surface area contributed by atoms with Crippen LogP contribution in [0.2, 0.25) is 0 Å². The lowest BCUT2D eigenvalue weighted by Crippen LogP contribution is -2.42. The fourth-order valence-corrected chi connectivity index (χ4v) is 1.27. The molecule has 0 aromatic rings. The molecule has 3 heteroatoms. The molecule has 3 nitrogen and oxygen atoms in total.